The number of nitrogens with one attached hydrogen (secondary N) is 1. The molecule has 1 nitrogen and oxygen atoms in total. The van der Waals surface area contributed by atoms with Crippen molar-refractivity contribution in [2.75, 3.05) is 0 Å². The SMILES string of the molecule is CCCC1CCC(NC2CC3CC2C2CCCC32)CC1. The Morgan fingerprint density at radius 3 is 2.45 bits per heavy atom. The van der Waals surface area contributed by atoms with Crippen molar-refractivity contribution in [2.24, 2.45) is 29.6 Å². The molecule has 0 aromatic rings. The zero-order valence-corrected chi connectivity index (χ0v) is 13.3. The standard InChI is InChI=1S/C19H33N/c1-2-4-13-7-9-15(10-8-13)20-19-12-14-11-18(19)17-6-3-5-16(14)17/h13-20H,2-12H2,1H3. The van der Waals surface area contributed by atoms with Crippen LogP contribution in [0.1, 0.15) is 77.6 Å². The van der Waals surface area contributed by atoms with E-state index in [-0.39, 0.29) is 0 Å². The van der Waals surface area contributed by atoms with E-state index in [1.165, 1.54) is 51.4 Å². The highest BCUT2D eigenvalue weighted by Crippen LogP contribution is 2.58. The van der Waals surface area contributed by atoms with Gasteiger partial charge in [0.15, 0.2) is 0 Å². The third kappa shape index (κ3) is 2.34. The predicted molar refractivity (Wildman–Crippen MR) is 84.6 cm³/mol. The maximum atomic E-state index is 4.12. The molecule has 1 N–H and O–H groups in total. The molecule has 0 saturated heterocycles. The summed E-state index contributed by atoms with van der Waals surface area (Å²) in [5.74, 6) is 5.51. The highest BCUT2D eigenvalue weighted by atomic mass is 15.0. The van der Waals surface area contributed by atoms with Gasteiger partial charge in [0.25, 0.3) is 0 Å². The summed E-state index contributed by atoms with van der Waals surface area (Å²) in [5, 5.41) is 4.12. The Hall–Kier alpha value is -0.0400. The number of fused-ring (bicyclic) bond motifs is 5. The quantitative estimate of drug-likeness (QED) is 0.780. The van der Waals surface area contributed by atoms with Crippen LogP contribution in [0, 0.1) is 29.6 Å². The second-order valence-electron chi connectivity index (χ2n) is 8.43. The molecule has 5 unspecified atom stereocenters. The average Bonchev–Trinajstić information content (AvgIpc) is 3.13. The molecule has 0 aromatic heterocycles. The largest absolute Gasteiger partial charge is 0.311 e. The third-order valence-corrected chi connectivity index (χ3v) is 7.42. The summed E-state index contributed by atoms with van der Waals surface area (Å²) in [6, 6.07) is 1.78. The molecule has 4 rings (SSSR count). The van der Waals surface area contributed by atoms with Gasteiger partial charge < -0.3 is 5.32 Å². The first-order valence-electron chi connectivity index (χ1n) is 9.61. The first-order chi connectivity index (χ1) is 9.85. The van der Waals surface area contributed by atoms with Crippen LogP contribution in [0.5, 0.6) is 0 Å². The highest BCUT2D eigenvalue weighted by molar-refractivity contribution is 5.06. The summed E-state index contributed by atoms with van der Waals surface area (Å²) < 4.78 is 0. The number of hydrogen-bond donors (Lipinski definition) is 1. The molecule has 4 aliphatic carbocycles. The van der Waals surface area contributed by atoms with Crippen molar-refractivity contribution in [3.63, 3.8) is 0 Å². The lowest BCUT2D eigenvalue weighted by Gasteiger charge is -2.37. The first kappa shape index (κ1) is 13.6. The minimum absolute atomic E-state index is 0.868. The monoisotopic (exact) mass is 275 g/mol. The van der Waals surface area contributed by atoms with E-state index in [0.717, 1.165) is 41.7 Å². The van der Waals surface area contributed by atoms with Gasteiger partial charge in [-0.2, -0.15) is 0 Å². The molecular formula is C19H33N. The van der Waals surface area contributed by atoms with E-state index < -0.39 is 0 Å². The van der Waals surface area contributed by atoms with Crippen molar-refractivity contribution >= 4 is 0 Å². The lowest BCUT2D eigenvalue weighted by molar-refractivity contribution is 0.178. The minimum atomic E-state index is 0.868. The lowest BCUT2D eigenvalue weighted by Crippen LogP contribution is -2.45. The Morgan fingerprint density at radius 2 is 1.65 bits per heavy atom. The number of rotatable bonds is 4. The van der Waals surface area contributed by atoms with E-state index in [9.17, 15) is 0 Å². The summed E-state index contributed by atoms with van der Waals surface area (Å²) in [6.45, 7) is 2.34. The molecule has 4 saturated carbocycles. The number of hydrogen-bond acceptors (Lipinski definition) is 1. The normalized spacial score (nSPS) is 50.5. The highest BCUT2D eigenvalue weighted by Gasteiger charge is 2.53. The van der Waals surface area contributed by atoms with Crippen LogP contribution in [0.25, 0.3) is 0 Å². The Bertz CT molecular complexity index is 331. The van der Waals surface area contributed by atoms with Crippen LogP contribution in [0.4, 0.5) is 0 Å². The lowest BCUT2D eigenvalue weighted by atomic mass is 9.78. The Labute approximate surface area is 125 Å². The molecule has 0 aliphatic heterocycles. The van der Waals surface area contributed by atoms with Gasteiger partial charge in [-0.25, -0.2) is 0 Å². The van der Waals surface area contributed by atoms with E-state index in [0.29, 0.717) is 0 Å². The van der Waals surface area contributed by atoms with Gasteiger partial charge in [0.2, 0.25) is 0 Å². The molecule has 1 heteroatoms. The second-order valence-corrected chi connectivity index (χ2v) is 8.43. The van der Waals surface area contributed by atoms with Gasteiger partial charge in [-0.15, -0.1) is 0 Å². The molecule has 0 amide bonds. The Balaban J connectivity index is 1.29. The third-order valence-electron chi connectivity index (χ3n) is 7.42. The molecule has 114 valence electrons. The molecule has 0 radical (unpaired) electrons. The summed E-state index contributed by atoms with van der Waals surface area (Å²) in [7, 11) is 0. The fourth-order valence-corrected chi connectivity index (χ4v) is 6.59. The van der Waals surface area contributed by atoms with Gasteiger partial charge in [-0.3, -0.25) is 0 Å². The van der Waals surface area contributed by atoms with Crippen LogP contribution >= 0.6 is 0 Å². The molecule has 4 aliphatic rings. The fraction of sp³-hybridized carbons (Fsp3) is 1.00. The Morgan fingerprint density at radius 1 is 0.850 bits per heavy atom. The van der Waals surface area contributed by atoms with E-state index in [4.69, 9.17) is 0 Å². The van der Waals surface area contributed by atoms with Gasteiger partial charge in [0.1, 0.15) is 0 Å². The zero-order valence-electron chi connectivity index (χ0n) is 13.3. The van der Waals surface area contributed by atoms with E-state index in [1.807, 2.05) is 0 Å². The van der Waals surface area contributed by atoms with Gasteiger partial charge in [-0.1, -0.05) is 26.2 Å². The van der Waals surface area contributed by atoms with Crippen LogP contribution in [0.3, 0.4) is 0 Å². The maximum absolute atomic E-state index is 4.12. The summed E-state index contributed by atoms with van der Waals surface area (Å²) in [6.07, 6.45) is 16.6. The van der Waals surface area contributed by atoms with Gasteiger partial charge >= 0.3 is 0 Å². The van der Waals surface area contributed by atoms with Gasteiger partial charge in [-0.05, 0) is 81.0 Å². The molecule has 2 bridgehead atoms. The zero-order chi connectivity index (χ0) is 13.5. The predicted octanol–water partition coefficient (Wildman–Crippen LogP) is 4.76. The van der Waals surface area contributed by atoms with Crippen molar-refractivity contribution in [3.8, 4) is 0 Å². The van der Waals surface area contributed by atoms with E-state index in [1.54, 1.807) is 19.3 Å². The smallest absolute Gasteiger partial charge is 0.0103 e. The van der Waals surface area contributed by atoms with E-state index in [2.05, 4.69) is 12.2 Å². The van der Waals surface area contributed by atoms with Crippen molar-refractivity contribution in [1.29, 1.82) is 0 Å². The fourth-order valence-electron chi connectivity index (χ4n) is 6.59. The van der Waals surface area contributed by atoms with Crippen LogP contribution < -0.4 is 5.32 Å². The molecule has 0 spiro atoms. The molecule has 5 atom stereocenters. The summed E-state index contributed by atoms with van der Waals surface area (Å²) in [5.41, 5.74) is 0. The van der Waals surface area contributed by atoms with Crippen molar-refractivity contribution in [3.05, 3.63) is 0 Å². The van der Waals surface area contributed by atoms with Gasteiger partial charge in [0, 0.05) is 12.1 Å². The molecule has 0 heterocycles. The van der Waals surface area contributed by atoms with Crippen molar-refractivity contribution < 1.29 is 0 Å². The second kappa shape index (κ2) is 5.63. The maximum Gasteiger partial charge on any atom is 0.0103 e. The molecule has 4 fully saturated rings. The van der Waals surface area contributed by atoms with Crippen LogP contribution in [0.2, 0.25) is 0 Å². The summed E-state index contributed by atoms with van der Waals surface area (Å²) in [4.78, 5) is 0. The van der Waals surface area contributed by atoms with Crippen LogP contribution in [0.15, 0.2) is 0 Å². The van der Waals surface area contributed by atoms with Gasteiger partial charge in [0.05, 0.1) is 0 Å². The van der Waals surface area contributed by atoms with Crippen molar-refractivity contribution in [1.82, 2.24) is 5.32 Å². The molecular weight excluding hydrogens is 242 g/mol. The average molecular weight is 275 g/mol. The first-order valence-corrected chi connectivity index (χ1v) is 9.61. The minimum Gasteiger partial charge on any atom is -0.311 e. The Kier molecular flexibility index (Phi) is 3.83. The molecule has 0 aromatic carbocycles. The van der Waals surface area contributed by atoms with Crippen LogP contribution in [-0.4, -0.2) is 12.1 Å². The summed E-state index contributed by atoms with van der Waals surface area (Å²) >= 11 is 0. The molecule has 20 heavy (non-hydrogen) atoms. The topological polar surface area (TPSA) is 12.0 Å². The van der Waals surface area contributed by atoms with Crippen LogP contribution in [-0.2, 0) is 0 Å². The van der Waals surface area contributed by atoms with E-state index >= 15 is 0 Å². The van der Waals surface area contributed by atoms with Crippen molar-refractivity contribution in [2.45, 2.75) is 89.6 Å².